The summed E-state index contributed by atoms with van der Waals surface area (Å²) in [7, 11) is -3.55. The van der Waals surface area contributed by atoms with Crippen molar-refractivity contribution in [2.24, 2.45) is 17.8 Å². The van der Waals surface area contributed by atoms with Crippen molar-refractivity contribution in [1.82, 2.24) is 4.72 Å². The average molecular weight is 377 g/mol. The van der Waals surface area contributed by atoms with Crippen LogP contribution in [0.1, 0.15) is 46.5 Å². The van der Waals surface area contributed by atoms with Gasteiger partial charge in [-0.1, -0.05) is 12.0 Å². The van der Waals surface area contributed by atoms with E-state index in [1.807, 2.05) is 20.8 Å². The van der Waals surface area contributed by atoms with Gasteiger partial charge in [0.05, 0.1) is 4.90 Å². The predicted molar refractivity (Wildman–Crippen MR) is 103 cm³/mol. The van der Waals surface area contributed by atoms with Crippen molar-refractivity contribution in [3.05, 3.63) is 35.9 Å². The minimum absolute atomic E-state index is 0.0488. The molecule has 2 aliphatic carbocycles. The van der Waals surface area contributed by atoms with E-state index >= 15 is 0 Å². The van der Waals surface area contributed by atoms with Crippen molar-refractivity contribution < 1.29 is 13.2 Å². The summed E-state index contributed by atoms with van der Waals surface area (Å²) in [6.45, 7) is 5.67. The highest BCUT2D eigenvalue weighted by Crippen LogP contribution is 2.49. The summed E-state index contributed by atoms with van der Waals surface area (Å²) in [6.07, 6.45) is 6.45. The van der Waals surface area contributed by atoms with Crippen LogP contribution in [0.4, 0.5) is 5.69 Å². The average Bonchev–Trinajstić information content (AvgIpc) is 3.17. The van der Waals surface area contributed by atoms with Crippen LogP contribution < -0.4 is 10.0 Å². The lowest BCUT2D eigenvalue weighted by Crippen LogP contribution is -2.40. The highest BCUT2D eigenvalue weighted by atomic mass is 32.2. The number of hydrogen-bond donors (Lipinski definition) is 2. The number of hydrogen-bond acceptors (Lipinski definition) is 3. The first-order valence-corrected chi connectivity index (χ1v) is 10.8. The van der Waals surface area contributed by atoms with E-state index in [2.05, 4.69) is 10.0 Å². The molecule has 1 aromatic rings. The van der Waals surface area contributed by atoms with Crippen LogP contribution in [0, 0.1) is 17.8 Å². The largest absolute Gasteiger partial charge is 0.323 e. The standard InChI is InChI=1S/C20H28N2O3S/c1-13(2)10-20(23)21-17-6-8-18(9-7-17)26(24,25)22-14(3)19-12-15-4-5-16(19)11-15/h6-10,14-16,19,22H,4-5,11-12H2,1-3H3,(H,21,23). The Balaban J connectivity index is 1.64. The third kappa shape index (κ3) is 4.35. The number of benzene rings is 1. The number of allylic oxidation sites excluding steroid dienone is 1. The normalized spacial score (nSPS) is 25.7. The van der Waals surface area contributed by atoms with Crippen LogP contribution >= 0.6 is 0 Å². The Labute approximate surface area is 156 Å². The molecule has 2 aliphatic rings. The molecule has 4 atom stereocenters. The Morgan fingerprint density at radius 1 is 1.15 bits per heavy atom. The Bertz CT molecular complexity index is 795. The number of carbonyl (C=O) groups is 1. The Kier molecular flexibility index (Phi) is 5.53. The van der Waals surface area contributed by atoms with E-state index in [9.17, 15) is 13.2 Å². The van der Waals surface area contributed by atoms with Gasteiger partial charge in [-0.15, -0.1) is 0 Å². The highest BCUT2D eigenvalue weighted by molar-refractivity contribution is 7.89. The Morgan fingerprint density at radius 2 is 1.85 bits per heavy atom. The van der Waals surface area contributed by atoms with Crippen molar-refractivity contribution in [3.63, 3.8) is 0 Å². The van der Waals surface area contributed by atoms with E-state index in [-0.39, 0.29) is 16.8 Å². The van der Waals surface area contributed by atoms with Crippen LogP contribution in [0.2, 0.25) is 0 Å². The highest BCUT2D eigenvalue weighted by Gasteiger charge is 2.42. The van der Waals surface area contributed by atoms with Crippen molar-refractivity contribution in [2.75, 3.05) is 5.32 Å². The number of amides is 1. The predicted octanol–water partition coefficient (Wildman–Crippen LogP) is 3.69. The molecule has 0 saturated heterocycles. The van der Waals surface area contributed by atoms with Gasteiger partial charge in [0.25, 0.3) is 0 Å². The summed E-state index contributed by atoms with van der Waals surface area (Å²) < 4.78 is 28.2. The van der Waals surface area contributed by atoms with E-state index in [4.69, 9.17) is 0 Å². The Hall–Kier alpha value is -1.66. The van der Waals surface area contributed by atoms with E-state index in [1.165, 1.54) is 37.5 Å². The number of fused-ring (bicyclic) bond motifs is 2. The number of anilines is 1. The smallest absolute Gasteiger partial charge is 0.248 e. The first kappa shape index (κ1) is 19.1. The van der Waals surface area contributed by atoms with Crippen LogP contribution in [-0.4, -0.2) is 20.4 Å². The minimum atomic E-state index is -3.55. The van der Waals surface area contributed by atoms with Crippen LogP contribution in [0.3, 0.4) is 0 Å². The van der Waals surface area contributed by atoms with Crippen molar-refractivity contribution in [3.8, 4) is 0 Å². The topological polar surface area (TPSA) is 75.3 Å². The molecule has 0 spiro atoms. The van der Waals surface area contributed by atoms with E-state index < -0.39 is 10.0 Å². The van der Waals surface area contributed by atoms with E-state index in [1.54, 1.807) is 12.1 Å². The number of rotatable bonds is 6. The SMILES string of the molecule is CC(C)=CC(=O)Nc1ccc(S(=O)(=O)NC(C)C2CC3CCC2C3)cc1. The molecule has 2 fully saturated rings. The van der Waals surface area contributed by atoms with Gasteiger partial charge in [0.1, 0.15) is 0 Å². The van der Waals surface area contributed by atoms with Gasteiger partial charge in [-0.25, -0.2) is 13.1 Å². The van der Waals surface area contributed by atoms with Crippen molar-refractivity contribution >= 4 is 21.6 Å². The summed E-state index contributed by atoms with van der Waals surface area (Å²) >= 11 is 0. The zero-order chi connectivity index (χ0) is 18.9. The second-order valence-electron chi connectivity index (χ2n) is 7.98. The van der Waals surface area contributed by atoms with Crippen molar-refractivity contribution in [1.29, 1.82) is 0 Å². The maximum absolute atomic E-state index is 12.7. The van der Waals surface area contributed by atoms with Gasteiger partial charge in [0, 0.05) is 17.8 Å². The lowest BCUT2D eigenvalue weighted by molar-refractivity contribution is -0.111. The molecule has 0 aliphatic heterocycles. The molecule has 26 heavy (non-hydrogen) atoms. The fraction of sp³-hybridized carbons (Fsp3) is 0.550. The van der Waals surface area contributed by atoms with Crippen LogP contribution in [0.25, 0.3) is 0 Å². The molecular formula is C20H28N2O3S. The molecule has 2 N–H and O–H groups in total. The molecule has 1 aromatic carbocycles. The summed E-state index contributed by atoms with van der Waals surface area (Å²) in [5.41, 5.74) is 1.48. The third-order valence-electron chi connectivity index (χ3n) is 5.63. The zero-order valence-electron chi connectivity index (χ0n) is 15.7. The first-order valence-electron chi connectivity index (χ1n) is 9.33. The van der Waals surface area contributed by atoms with Gasteiger partial charge in [-0.2, -0.15) is 0 Å². The Morgan fingerprint density at radius 3 is 2.38 bits per heavy atom. The summed E-state index contributed by atoms with van der Waals surface area (Å²) in [4.78, 5) is 12.0. The molecule has 4 unspecified atom stereocenters. The van der Waals surface area contributed by atoms with Crippen LogP contribution in [0.5, 0.6) is 0 Å². The zero-order valence-corrected chi connectivity index (χ0v) is 16.5. The lowest BCUT2D eigenvalue weighted by Gasteiger charge is -2.28. The molecule has 0 radical (unpaired) electrons. The van der Waals surface area contributed by atoms with Crippen LogP contribution in [0.15, 0.2) is 40.8 Å². The summed E-state index contributed by atoms with van der Waals surface area (Å²) in [5, 5.41) is 2.73. The van der Waals surface area contributed by atoms with Gasteiger partial charge in [0.2, 0.25) is 15.9 Å². The van der Waals surface area contributed by atoms with Crippen LogP contribution in [-0.2, 0) is 14.8 Å². The molecule has 3 rings (SSSR count). The maximum Gasteiger partial charge on any atom is 0.248 e. The molecule has 1 amide bonds. The first-order chi connectivity index (χ1) is 12.2. The molecule has 142 valence electrons. The minimum Gasteiger partial charge on any atom is -0.323 e. The van der Waals surface area contributed by atoms with E-state index in [0.717, 1.165) is 17.9 Å². The second kappa shape index (κ2) is 7.53. The van der Waals surface area contributed by atoms with Gasteiger partial charge in [-0.05, 0) is 82.1 Å². The molecule has 0 heterocycles. The van der Waals surface area contributed by atoms with Gasteiger partial charge >= 0.3 is 0 Å². The number of carbonyl (C=O) groups excluding carboxylic acids is 1. The molecule has 5 nitrogen and oxygen atoms in total. The lowest BCUT2D eigenvalue weighted by atomic mass is 9.84. The fourth-order valence-electron chi connectivity index (χ4n) is 4.46. The third-order valence-corrected chi connectivity index (χ3v) is 7.20. The molecular weight excluding hydrogens is 348 g/mol. The molecule has 0 aromatic heterocycles. The van der Waals surface area contributed by atoms with Gasteiger partial charge < -0.3 is 5.32 Å². The summed E-state index contributed by atoms with van der Waals surface area (Å²) in [5.74, 6) is 1.70. The van der Waals surface area contributed by atoms with Gasteiger partial charge in [0.15, 0.2) is 0 Å². The maximum atomic E-state index is 12.7. The second-order valence-corrected chi connectivity index (χ2v) is 9.70. The quantitative estimate of drug-likeness (QED) is 0.744. The molecule has 6 heteroatoms. The van der Waals surface area contributed by atoms with Crippen molar-refractivity contribution in [2.45, 2.75) is 57.4 Å². The summed E-state index contributed by atoms with van der Waals surface area (Å²) in [6, 6.07) is 6.26. The fourth-order valence-corrected chi connectivity index (χ4v) is 5.76. The van der Waals surface area contributed by atoms with Gasteiger partial charge in [-0.3, -0.25) is 4.79 Å². The van der Waals surface area contributed by atoms with E-state index in [0.29, 0.717) is 17.5 Å². The number of nitrogens with one attached hydrogen (secondary N) is 2. The molecule has 2 bridgehead atoms. The monoisotopic (exact) mass is 376 g/mol. The molecule has 2 saturated carbocycles. The number of sulfonamides is 1.